The van der Waals surface area contributed by atoms with E-state index in [9.17, 15) is 4.79 Å². The van der Waals surface area contributed by atoms with Gasteiger partial charge in [0.2, 0.25) is 0 Å². The van der Waals surface area contributed by atoms with Gasteiger partial charge in [0.05, 0.1) is 6.61 Å². The quantitative estimate of drug-likeness (QED) is 0.543. The Morgan fingerprint density at radius 2 is 2.12 bits per heavy atom. The van der Waals surface area contributed by atoms with Crippen LogP contribution in [0.2, 0.25) is 0 Å². The van der Waals surface area contributed by atoms with Crippen molar-refractivity contribution in [1.29, 1.82) is 0 Å². The van der Waals surface area contributed by atoms with Crippen LogP contribution in [0.3, 0.4) is 0 Å². The first-order chi connectivity index (χ1) is 3.72. The summed E-state index contributed by atoms with van der Waals surface area (Å²) in [5, 5.41) is 8.47. The molecule has 0 aromatic carbocycles. The molecule has 2 heteroatoms. The van der Waals surface area contributed by atoms with Crippen LogP contribution in [0, 0.1) is 11.8 Å². The first kappa shape index (κ1) is 7.63. The summed E-state index contributed by atoms with van der Waals surface area (Å²) in [6, 6.07) is 0. The van der Waals surface area contributed by atoms with Gasteiger partial charge >= 0.3 is 0 Å². The van der Waals surface area contributed by atoms with Crippen molar-refractivity contribution in [3.63, 3.8) is 0 Å². The van der Waals surface area contributed by atoms with Crippen LogP contribution in [0.5, 0.6) is 0 Å². The molecule has 0 amide bonds. The van der Waals surface area contributed by atoms with E-state index in [0.717, 1.165) is 6.29 Å². The number of aldehydes is 1. The van der Waals surface area contributed by atoms with E-state index in [1.165, 1.54) is 0 Å². The van der Waals surface area contributed by atoms with Crippen molar-refractivity contribution in [3.8, 4) is 0 Å². The molecule has 1 atom stereocenters. The normalized spacial score (nSPS) is 14.0. The van der Waals surface area contributed by atoms with Gasteiger partial charge in [-0.15, -0.1) is 0 Å². The monoisotopic (exact) mass is 116 g/mol. The molecule has 0 aliphatic carbocycles. The van der Waals surface area contributed by atoms with E-state index in [2.05, 4.69) is 0 Å². The third-order valence-corrected chi connectivity index (χ3v) is 1.24. The second-order valence-electron chi connectivity index (χ2n) is 2.23. The van der Waals surface area contributed by atoms with E-state index in [4.69, 9.17) is 5.11 Å². The summed E-state index contributed by atoms with van der Waals surface area (Å²) in [6.45, 7) is 3.80. The van der Waals surface area contributed by atoms with Crippen molar-refractivity contribution in [2.75, 3.05) is 6.61 Å². The van der Waals surface area contributed by atoms with E-state index in [-0.39, 0.29) is 18.4 Å². The Morgan fingerprint density at radius 1 is 1.62 bits per heavy atom. The molecule has 0 spiro atoms. The Bertz CT molecular complexity index is 68.9. The maximum atomic E-state index is 10.0. The zero-order chi connectivity index (χ0) is 6.57. The van der Waals surface area contributed by atoms with Crippen LogP contribution in [0.1, 0.15) is 13.8 Å². The highest BCUT2D eigenvalue weighted by Gasteiger charge is 2.08. The molecule has 0 saturated carbocycles. The fourth-order valence-corrected chi connectivity index (χ4v) is 0.411. The summed E-state index contributed by atoms with van der Waals surface area (Å²) >= 11 is 0. The fourth-order valence-electron chi connectivity index (χ4n) is 0.411. The van der Waals surface area contributed by atoms with Crippen LogP contribution in [-0.2, 0) is 4.79 Å². The largest absolute Gasteiger partial charge is 0.396 e. The lowest BCUT2D eigenvalue weighted by atomic mass is 9.99. The van der Waals surface area contributed by atoms with E-state index >= 15 is 0 Å². The molecule has 8 heavy (non-hydrogen) atoms. The topological polar surface area (TPSA) is 37.3 Å². The molecule has 1 N–H and O–H groups in total. The highest BCUT2D eigenvalue weighted by atomic mass is 16.3. The summed E-state index contributed by atoms with van der Waals surface area (Å²) in [7, 11) is 0. The molecule has 0 bridgehead atoms. The van der Waals surface area contributed by atoms with Crippen LogP contribution in [0.25, 0.3) is 0 Å². The number of hydrogen-bond donors (Lipinski definition) is 1. The molecule has 0 rings (SSSR count). The smallest absolute Gasteiger partial charge is 0.125 e. The molecule has 0 heterocycles. The Kier molecular flexibility index (Phi) is 3.44. The minimum absolute atomic E-state index is 0.0266. The SMILES string of the molecule is CC(C)C(C=O)CO. The Balaban J connectivity index is 3.51. The Labute approximate surface area is 49.5 Å². The van der Waals surface area contributed by atoms with Crippen LogP contribution < -0.4 is 0 Å². The lowest BCUT2D eigenvalue weighted by Crippen LogP contribution is -2.13. The summed E-state index contributed by atoms with van der Waals surface area (Å²) in [5.74, 6) is 0.0903. The zero-order valence-corrected chi connectivity index (χ0v) is 5.29. The van der Waals surface area contributed by atoms with Gasteiger partial charge in [0.25, 0.3) is 0 Å². The zero-order valence-electron chi connectivity index (χ0n) is 5.29. The molecule has 0 aromatic heterocycles. The van der Waals surface area contributed by atoms with Crippen LogP contribution >= 0.6 is 0 Å². The standard InChI is InChI=1S/C6H12O2/c1-5(2)6(3-7)4-8/h3,5-6,8H,4H2,1-2H3. The number of aliphatic hydroxyl groups is 1. The molecule has 0 fully saturated rings. The molecule has 0 aromatic rings. The minimum Gasteiger partial charge on any atom is -0.396 e. The van der Waals surface area contributed by atoms with Crippen molar-refractivity contribution in [1.82, 2.24) is 0 Å². The number of rotatable bonds is 3. The van der Waals surface area contributed by atoms with Crippen LogP contribution in [0.4, 0.5) is 0 Å². The second kappa shape index (κ2) is 3.61. The lowest BCUT2D eigenvalue weighted by Gasteiger charge is -2.08. The summed E-state index contributed by atoms with van der Waals surface area (Å²) in [6.07, 6.45) is 0.796. The predicted molar refractivity (Wildman–Crippen MR) is 31.5 cm³/mol. The maximum Gasteiger partial charge on any atom is 0.125 e. The number of hydrogen-bond acceptors (Lipinski definition) is 2. The minimum atomic E-state index is -0.171. The predicted octanol–water partition coefficient (Wildman–Crippen LogP) is 0.450. The Hall–Kier alpha value is -0.370. The third-order valence-electron chi connectivity index (χ3n) is 1.24. The van der Waals surface area contributed by atoms with Gasteiger partial charge in [-0.25, -0.2) is 0 Å². The molecular weight excluding hydrogens is 104 g/mol. The number of carbonyl (C=O) groups is 1. The van der Waals surface area contributed by atoms with Gasteiger partial charge in [-0.3, -0.25) is 0 Å². The van der Waals surface area contributed by atoms with E-state index < -0.39 is 0 Å². The fraction of sp³-hybridized carbons (Fsp3) is 0.833. The molecular formula is C6H12O2. The molecule has 0 radical (unpaired) electrons. The average Bonchev–Trinajstić information content (AvgIpc) is 1.69. The molecule has 2 nitrogen and oxygen atoms in total. The molecule has 0 aliphatic rings. The molecule has 0 saturated heterocycles. The summed E-state index contributed by atoms with van der Waals surface area (Å²) < 4.78 is 0. The van der Waals surface area contributed by atoms with Gasteiger partial charge in [-0.2, -0.15) is 0 Å². The van der Waals surface area contributed by atoms with Crippen LogP contribution in [-0.4, -0.2) is 18.0 Å². The highest BCUT2D eigenvalue weighted by Crippen LogP contribution is 2.04. The molecule has 48 valence electrons. The maximum absolute atomic E-state index is 10.0. The molecule has 1 unspecified atom stereocenters. The van der Waals surface area contributed by atoms with Crippen molar-refractivity contribution >= 4 is 6.29 Å². The number of carbonyl (C=O) groups excluding carboxylic acids is 1. The summed E-state index contributed by atoms with van der Waals surface area (Å²) in [4.78, 5) is 10.0. The second-order valence-corrected chi connectivity index (χ2v) is 2.23. The van der Waals surface area contributed by atoms with Crippen molar-refractivity contribution < 1.29 is 9.90 Å². The summed E-state index contributed by atoms with van der Waals surface area (Å²) in [5.41, 5.74) is 0. The first-order valence-electron chi connectivity index (χ1n) is 2.78. The first-order valence-corrected chi connectivity index (χ1v) is 2.78. The van der Waals surface area contributed by atoms with Crippen molar-refractivity contribution in [2.24, 2.45) is 11.8 Å². The van der Waals surface area contributed by atoms with Gasteiger partial charge < -0.3 is 9.90 Å². The highest BCUT2D eigenvalue weighted by molar-refractivity contribution is 5.53. The third kappa shape index (κ3) is 2.07. The number of aliphatic hydroxyl groups excluding tert-OH is 1. The van der Waals surface area contributed by atoms with Crippen molar-refractivity contribution in [2.45, 2.75) is 13.8 Å². The lowest BCUT2D eigenvalue weighted by molar-refractivity contribution is -0.113. The van der Waals surface area contributed by atoms with E-state index in [0.29, 0.717) is 0 Å². The van der Waals surface area contributed by atoms with Gasteiger partial charge in [0.15, 0.2) is 0 Å². The van der Waals surface area contributed by atoms with E-state index in [1.54, 1.807) is 0 Å². The molecule has 0 aliphatic heterocycles. The average molecular weight is 116 g/mol. The van der Waals surface area contributed by atoms with E-state index in [1.807, 2.05) is 13.8 Å². The van der Waals surface area contributed by atoms with Gasteiger partial charge in [-0.05, 0) is 5.92 Å². The van der Waals surface area contributed by atoms with Gasteiger partial charge in [0, 0.05) is 5.92 Å². The Morgan fingerprint density at radius 3 is 2.12 bits per heavy atom. The van der Waals surface area contributed by atoms with Gasteiger partial charge in [-0.1, -0.05) is 13.8 Å². The van der Waals surface area contributed by atoms with Crippen molar-refractivity contribution in [3.05, 3.63) is 0 Å². The van der Waals surface area contributed by atoms with Crippen LogP contribution in [0.15, 0.2) is 0 Å². The van der Waals surface area contributed by atoms with Gasteiger partial charge in [0.1, 0.15) is 6.29 Å².